The lowest BCUT2D eigenvalue weighted by molar-refractivity contribution is -0.120. The summed E-state index contributed by atoms with van der Waals surface area (Å²) in [6.07, 6.45) is 5.91. The van der Waals surface area contributed by atoms with Crippen LogP contribution in [-0.2, 0) is 4.79 Å². The highest BCUT2D eigenvalue weighted by Gasteiger charge is 2.26. The fourth-order valence-corrected chi connectivity index (χ4v) is 3.81. The van der Waals surface area contributed by atoms with Crippen molar-refractivity contribution in [1.82, 2.24) is 9.97 Å². The van der Waals surface area contributed by atoms with Gasteiger partial charge < -0.3 is 15.5 Å². The molecule has 33 heavy (non-hydrogen) atoms. The lowest BCUT2D eigenvalue weighted by atomic mass is 9.95. The minimum Gasteiger partial charge on any atom is -0.371 e. The van der Waals surface area contributed by atoms with Gasteiger partial charge in [0.15, 0.2) is 0 Å². The molecule has 1 aliphatic heterocycles. The van der Waals surface area contributed by atoms with Crippen LogP contribution >= 0.6 is 24.0 Å². The maximum absolute atomic E-state index is 13.1. The Morgan fingerprint density at radius 2 is 1.76 bits per heavy atom. The molecular weight excluding hydrogens is 468 g/mol. The second-order valence-electron chi connectivity index (χ2n) is 7.46. The summed E-state index contributed by atoms with van der Waals surface area (Å²) in [6.45, 7) is 1.51. The van der Waals surface area contributed by atoms with E-state index >= 15 is 0 Å². The van der Waals surface area contributed by atoms with Crippen LogP contribution in [0.1, 0.15) is 23.2 Å². The van der Waals surface area contributed by atoms with Gasteiger partial charge in [0.1, 0.15) is 11.6 Å². The molecule has 1 aliphatic rings. The first-order chi connectivity index (χ1) is 15.5. The number of hydrogen-bond acceptors (Lipinski definition) is 5. The minimum atomic E-state index is -0.506. The number of nitrogens with zero attached hydrogens (tertiary/aromatic N) is 3. The Kier molecular flexibility index (Phi) is 8.19. The zero-order chi connectivity index (χ0) is 22.5. The van der Waals surface area contributed by atoms with Crippen molar-refractivity contribution in [2.24, 2.45) is 5.92 Å². The van der Waals surface area contributed by atoms with Gasteiger partial charge in [0, 0.05) is 42.1 Å². The molecule has 10 heteroatoms. The lowest BCUT2D eigenvalue weighted by Gasteiger charge is -2.33. The molecule has 0 spiro atoms. The zero-order valence-electron chi connectivity index (χ0n) is 17.5. The van der Waals surface area contributed by atoms with Crippen LogP contribution in [0.15, 0.2) is 61.1 Å². The van der Waals surface area contributed by atoms with Crippen LogP contribution in [0.3, 0.4) is 0 Å². The summed E-state index contributed by atoms with van der Waals surface area (Å²) in [5.41, 5.74) is 1.65. The van der Waals surface area contributed by atoms with E-state index in [2.05, 4.69) is 25.5 Å². The first-order valence-electron chi connectivity index (χ1n) is 10.2. The van der Waals surface area contributed by atoms with Crippen molar-refractivity contribution in [2.45, 2.75) is 12.8 Å². The fourth-order valence-electron chi connectivity index (χ4n) is 3.64. The molecule has 0 aliphatic carbocycles. The maximum atomic E-state index is 13.1. The van der Waals surface area contributed by atoms with Gasteiger partial charge in [0.2, 0.25) is 5.91 Å². The van der Waals surface area contributed by atoms with Crippen molar-refractivity contribution in [3.8, 4) is 0 Å². The molecule has 3 aromatic rings. The largest absolute Gasteiger partial charge is 0.371 e. The van der Waals surface area contributed by atoms with E-state index in [1.807, 2.05) is 12.1 Å². The molecule has 0 radical (unpaired) electrons. The lowest BCUT2D eigenvalue weighted by Crippen LogP contribution is -2.38. The predicted octanol–water partition coefficient (Wildman–Crippen LogP) is 4.80. The first-order valence-corrected chi connectivity index (χ1v) is 10.6. The van der Waals surface area contributed by atoms with Crippen LogP contribution in [0.2, 0.25) is 5.02 Å². The third-order valence-electron chi connectivity index (χ3n) is 5.35. The normalized spacial score (nSPS) is 13.7. The van der Waals surface area contributed by atoms with E-state index < -0.39 is 11.7 Å². The summed E-state index contributed by atoms with van der Waals surface area (Å²) in [7, 11) is 0. The van der Waals surface area contributed by atoms with Crippen LogP contribution in [0, 0.1) is 11.7 Å². The third kappa shape index (κ3) is 6.18. The summed E-state index contributed by atoms with van der Waals surface area (Å²) in [5, 5.41) is 5.81. The fraction of sp³-hybridized carbons (Fsp3) is 0.217. The topological polar surface area (TPSA) is 87.2 Å². The molecule has 0 unspecified atom stereocenters. The van der Waals surface area contributed by atoms with Gasteiger partial charge in [-0.15, -0.1) is 12.4 Å². The number of carbonyl (C=O) groups is 2. The summed E-state index contributed by atoms with van der Waals surface area (Å²) >= 11 is 6.08. The maximum Gasteiger partial charge on any atom is 0.258 e. The molecule has 2 amide bonds. The molecule has 2 N–H and O–H groups in total. The standard InChI is InChI=1S/C23H21ClFN5O2.ClH/c24-16-1-3-20(19(13-16)23(32)29-21-4-2-17(25)14-27-21)28-22(31)15-7-11-30(12-8-15)18-5-9-26-10-6-18;/h1-6,9-10,13-15H,7-8,11-12H2,(H,28,31)(H,27,29,32);1H. The minimum absolute atomic E-state index is 0. The quantitative estimate of drug-likeness (QED) is 0.537. The number of carbonyl (C=O) groups excluding carboxylic acids is 2. The highest BCUT2D eigenvalue weighted by molar-refractivity contribution is 6.31. The third-order valence-corrected chi connectivity index (χ3v) is 5.58. The van der Waals surface area contributed by atoms with Gasteiger partial charge in [0.25, 0.3) is 5.91 Å². The van der Waals surface area contributed by atoms with Crippen LogP contribution in [-0.4, -0.2) is 34.9 Å². The molecule has 4 rings (SSSR count). The Morgan fingerprint density at radius 3 is 2.42 bits per heavy atom. The Labute approximate surface area is 201 Å². The van der Waals surface area contributed by atoms with Crippen LogP contribution in [0.25, 0.3) is 0 Å². The number of pyridine rings is 2. The van der Waals surface area contributed by atoms with Gasteiger partial charge in [-0.1, -0.05) is 11.6 Å². The van der Waals surface area contributed by atoms with Crippen LogP contribution < -0.4 is 15.5 Å². The Bertz CT molecular complexity index is 1110. The van der Waals surface area contributed by atoms with Gasteiger partial charge in [-0.2, -0.15) is 0 Å². The predicted molar refractivity (Wildman–Crippen MR) is 129 cm³/mol. The highest BCUT2D eigenvalue weighted by atomic mass is 35.5. The van der Waals surface area contributed by atoms with E-state index in [0.29, 0.717) is 23.6 Å². The highest BCUT2D eigenvalue weighted by Crippen LogP contribution is 2.26. The number of halogens is 3. The number of nitrogens with one attached hydrogen (secondary N) is 2. The van der Waals surface area contributed by atoms with E-state index in [9.17, 15) is 14.0 Å². The molecule has 0 atom stereocenters. The monoisotopic (exact) mass is 489 g/mol. The van der Waals surface area contributed by atoms with Crippen molar-refractivity contribution >= 4 is 53.0 Å². The van der Waals surface area contributed by atoms with E-state index in [1.54, 1.807) is 24.5 Å². The van der Waals surface area contributed by atoms with Crippen LogP contribution in [0.4, 0.5) is 21.6 Å². The second kappa shape index (κ2) is 11.1. The van der Waals surface area contributed by atoms with Gasteiger partial charge in [-0.25, -0.2) is 9.37 Å². The molecule has 0 saturated carbocycles. The van der Waals surface area contributed by atoms with Gasteiger partial charge in [-0.05, 0) is 55.3 Å². The molecule has 0 bridgehead atoms. The smallest absolute Gasteiger partial charge is 0.258 e. The number of hydrogen-bond donors (Lipinski definition) is 2. The zero-order valence-corrected chi connectivity index (χ0v) is 19.1. The van der Waals surface area contributed by atoms with Gasteiger partial charge >= 0.3 is 0 Å². The summed E-state index contributed by atoms with van der Waals surface area (Å²) in [6, 6.07) is 11.1. The van der Waals surface area contributed by atoms with E-state index in [4.69, 9.17) is 11.6 Å². The van der Waals surface area contributed by atoms with Crippen molar-refractivity contribution in [2.75, 3.05) is 28.6 Å². The first kappa shape index (κ1) is 24.4. The Hall–Kier alpha value is -3.23. The summed E-state index contributed by atoms with van der Waals surface area (Å²) in [4.78, 5) is 35.8. The average molecular weight is 490 g/mol. The average Bonchev–Trinajstić information content (AvgIpc) is 2.82. The van der Waals surface area contributed by atoms with Crippen molar-refractivity contribution in [3.05, 3.63) is 77.5 Å². The molecular formula is C23H22Cl2FN5O2. The number of amides is 2. The molecule has 7 nitrogen and oxygen atoms in total. The summed E-state index contributed by atoms with van der Waals surface area (Å²) < 4.78 is 13.1. The molecule has 3 heterocycles. The second-order valence-corrected chi connectivity index (χ2v) is 7.90. The molecule has 1 fully saturated rings. The Morgan fingerprint density at radius 1 is 1.03 bits per heavy atom. The number of piperidine rings is 1. The van der Waals surface area contributed by atoms with E-state index in [0.717, 1.165) is 25.0 Å². The van der Waals surface area contributed by atoms with Gasteiger partial charge in [0.05, 0.1) is 17.4 Å². The van der Waals surface area contributed by atoms with Crippen molar-refractivity contribution in [3.63, 3.8) is 0 Å². The SMILES string of the molecule is Cl.O=C(Nc1ccc(F)cn1)c1cc(Cl)ccc1NC(=O)C1CCN(c2ccncc2)CC1. The van der Waals surface area contributed by atoms with Crippen molar-refractivity contribution < 1.29 is 14.0 Å². The number of anilines is 3. The Balaban J connectivity index is 0.00000306. The van der Waals surface area contributed by atoms with Crippen LogP contribution in [0.5, 0.6) is 0 Å². The van der Waals surface area contributed by atoms with E-state index in [1.165, 1.54) is 18.2 Å². The van der Waals surface area contributed by atoms with Gasteiger partial charge in [-0.3, -0.25) is 14.6 Å². The van der Waals surface area contributed by atoms with Crippen molar-refractivity contribution in [1.29, 1.82) is 0 Å². The molecule has 1 aromatic carbocycles. The summed E-state index contributed by atoms with van der Waals surface area (Å²) in [5.74, 6) is -1.13. The number of aromatic nitrogens is 2. The molecule has 172 valence electrons. The molecule has 2 aromatic heterocycles. The van der Waals surface area contributed by atoms with E-state index in [-0.39, 0.29) is 35.6 Å². The number of rotatable bonds is 5. The number of benzene rings is 1. The molecule has 1 saturated heterocycles.